The lowest BCUT2D eigenvalue weighted by Crippen LogP contribution is -2.58. The average molecular weight is 509 g/mol. The number of nitrogens with zero attached hydrogens (tertiary/aromatic N) is 2. The fourth-order valence-electron chi connectivity index (χ4n) is 5.58. The molecule has 3 heterocycles. The summed E-state index contributed by atoms with van der Waals surface area (Å²) in [5, 5.41) is 13.3. The topological polar surface area (TPSA) is 100.0 Å². The van der Waals surface area contributed by atoms with E-state index in [2.05, 4.69) is 20.9 Å². The zero-order valence-electron chi connectivity index (χ0n) is 19.7. The molecule has 2 atom stereocenters. The molecule has 3 aliphatic heterocycles. The summed E-state index contributed by atoms with van der Waals surface area (Å²) in [4.78, 5) is 13.5. The van der Waals surface area contributed by atoms with Crippen molar-refractivity contribution < 1.29 is 26.4 Å². The lowest BCUT2D eigenvalue weighted by molar-refractivity contribution is -0.120. The number of halogens is 3. The summed E-state index contributed by atoms with van der Waals surface area (Å²) >= 11 is 0. The highest BCUT2D eigenvalue weighted by Crippen LogP contribution is 2.55. The Morgan fingerprint density at radius 1 is 1.20 bits per heavy atom. The van der Waals surface area contributed by atoms with Crippen LogP contribution in [0.1, 0.15) is 52.0 Å². The van der Waals surface area contributed by atoms with Crippen LogP contribution in [0.25, 0.3) is 0 Å². The second-order valence-corrected chi connectivity index (χ2v) is 12.4. The van der Waals surface area contributed by atoms with Crippen molar-refractivity contribution in [2.24, 2.45) is 16.1 Å². The van der Waals surface area contributed by atoms with Gasteiger partial charge in [0.25, 0.3) is 5.91 Å². The molecule has 1 amide bonds. The van der Waals surface area contributed by atoms with E-state index >= 15 is 0 Å². The van der Waals surface area contributed by atoms with E-state index in [0.717, 1.165) is 12.8 Å². The van der Waals surface area contributed by atoms with Crippen molar-refractivity contribution in [3.63, 3.8) is 0 Å². The minimum Gasteiger partial charge on any atom is -0.362 e. The van der Waals surface area contributed by atoms with Gasteiger partial charge in [-0.15, -0.1) is 5.11 Å². The molecule has 1 aromatic rings. The molecule has 0 spiro atoms. The first-order chi connectivity index (χ1) is 16.3. The number of hydrogen-bond donors (Lipinski definition) is 2. The van der Waals surface area contributed by atoms with Gasteiger partial charge in [0.2, 0.25) is 0 Å². The van der Waals surface area contributed by atoms with Crippen molar-refractivity contribution in [1.29, 1.82) is 0 Å². The molecule has 2 N–H and O–H groups in total. The van der Waals surface area contributed by atoms with Crippen molar-refractivity contribution in [1.82, 2.24) is 10.6 Å². The maximum atomic E-state index is 14.1. The summed E-state index contributed by atoms with van der Waals surface area (Å²) in [5.74, 6) is -0.375. The SMILES string of the molecule is CC[C@]1(c2cccc(S(=O)(=O)CC3CC3)c2)C2=C(CC(C)(C)NC2=O)NC2N=NC(C(F)(F)F)=C21. The summed E-state index contributed by atoms with van der Waals surface area (Å²) in [6.45, 7) is 5.36. The quantitative estimate of drug-likeness (QED) is 0.620. The Kier molecular flexibility index (Phi) is 5.25. The van der Waals surface area contributed by atoms with Crippen molar-refractivity contribution in [2.45, 2.75) is 74.6 Å². The third-order valence-corrected chi connectivity index (χ3v) is 9.12. The summed E-state index contributed by atoms with van der Waals surface area (Å²) in [5.41, 5.74) is -2.51. The first-order valence-corrected chi connectivity index (χ1v) is 13.3. The molecule has 0 bridgehead atoms. The van der Waals surface area contributed by atoms with Crippen molar-refractivity contribution in [3.05, 3.63) is 52.4 Å². The number of hydrogen-bond acceptors (Lipinski definition) is 6. The smallest absolute Gasteiger partial charge is 0.362 e. The van der Waals surface area contributed by atoms with E-state index in [1.54, 1.807) is 13.0 Å². The summed E-state index contributed by atoms with van der Waals surface area (Å²) in [6.07, 6.45) is -3.75. The number of carbonyl (C=O) groups excluding carboxylic acids is 1. The Bertz CT molecular complexity index is 1310. The van der Waals surface area contributed by atoms with Gasteiger partial charge in [0.1, 0.15) is 0 Å². The molecular weight excluding hydrogens is 481 g/mol. The Balaban J connectivity index is 1.78. The maximum Gasteiger partial charge on any atom is 0.435 e. The first kappa shape index (κ1) is 24.0. The number of allylic oxidation sites excluding steroid dienone is 1. The molecule has 5 rings (SSSR count). The molecule has 188 valence electrons. The van der Waals surface area contributed by atoms with Crippen LogP contribution in [-0.4, -0.2) is 38.0 Å². The third kappa shape index (κ3) is 3.88. The lowest BCUT2D eigenvalue weighted by atomic mass is 9.61. The van der Waals surface area contributed by atoms with E-state index in [0.29, 0.717) is 17.7 Å². The number of fused-ring (bicyclic) bond motifs is 1. The molecule has 0 saturated heterocycles. The normalized spacial score (nSPS) is 27.9. The largest absolute Gasteiger partial charge is 0.435 e. The van der Waals surface area contributed by atoms with Crippen molar-refractivity contribution in [3.8, 4) is 0 Å². The van der Waals surface area contributed by atoms with Crippen LogP contribution in [0.3, 0.4) is 0 Å². The second-order valence-electron chi connectivity index (χ2n) is 10.4. The van der Waals surface area contributed by atoms with Crippen LogP contribution in [0, 0.1) is 5.92 Å². The molecular formula is C24H27F3N4O3S. The highest BCUT2D eigenvalue weighted by atomic mass is 32.2. The van der Waals surface area contributed by atoms with Gasteiger partial charge in [-0.2, -0.15) is 18.3 Å². The van der Waals surface area contributed by atoms with Gasteiger partial charge in [0, 0.05) is 23.2 Å². The van der Waals surface area contributed by atoms with Crippen LogP contribution in [-0.2, 0) is 20.0 Å². The highest BCUT2D eigenvalue weighted by Gasteiger charge is 2.58. The Morgan fingerprint density at radius 3 is 2.54 bits per heavy atom. The standard InChI is InChI=1S/C24H27F3N4O3S/c1-4-23(14-6-5-7-15(10-14)35(33,34)12-13-8-9-13)17-16(11-22(2,3)29-21(17)32)28-20-18(23)19(30-31-20)24(25,26)27/h5-7,10,13,20,28H,4,8-9,11-12H2,1-3H3,(H,29,32)/t20?,23-/m0/s1. The fourth-order valence-corrected chi connectivity index (χ4v) is 7.31. The van der Waals surface area contributed by atoms with E-state index in [1.165, 1.54) is 18.2 Å². The van der Waals surface area contributed by atoms with E-state index in [-0.39, 0.29) is 34.1 Å². The van der Waals surface area contributed by atoms with Gasteiger partial charge >= 0.3 is 6.18 Å². The molecule has 0 radical (unpaired) electrons. The van der Waals surface area contributed by atoms with Crippen LogP contribution in [0.5, 0.6) is 0 Å². The number of sulfone groups is 1. The molecule has 11 heteroatoms. The molecule has 1 aliphatic carbocycles. The number of azo groups is 1. The van der Waals surface area contributed by atoms with Crippen molar-refractivity contribution >= 4 is 15.7 Å². The Morgan fingerprint density at radius 2 is 1.91 bits per heavy atom. The van der Waals surface area contributed by atoms with E-state index in [4.69, 9.17) is 0 Å². The second kappa shape index (κ2) is 7.65. The number of carbonyl (C=O) groups is 1. The molecule has 0 aromatic heterocycles. The van der Waals surface area contributed by atoms with Gasteiger partial charge in [0.05, 0.1) is 21.6 Å². The molecule has 1 fully saturated rings. The van der Waals surface area contributed by atoms with Crippen LogP contribution < -0.4 is 10.6 Å². The van der Waals surface area contributed by atoms with Crippen LogP contribution >= 0.6 is 0 Å². The number of nitrogens with one attached hydrogen (secondary N) is 2. The third-order valence-electron chi connectivity index (χ3n) is 7.24. The van der Waals surface area contributed by atoms with Crippen LogP contribution in [0.2, 0.25) is 0 Å². The number of amides is 1. The van der Waals surface area contributed by atoms with Gasteiger partial charge in [-0.25, -0.2) is 8.42 Å². The zero-order valence-corrected chi connectivity index (χ0v) is 20.5. The van der Waals surface area contributed by atoms with Gasteiger partial charge in [-0.1, -0.05) is 19.1 Å². The predicted molar refractivity (Wildman–Crippen MR) is 122 cm³/mol. The van der Waals surface area contributed by atoms with Crippen LogP contribution in [0.15, 0.2) is 61.9 Å². The molecule has 1 saturated carbocycles. The zero-order chi connectivity index (χ0) is 25.4. The number of rotatable bonds is 5. The number of alkyl halides is 3. The Hall–Kier alpha value is -2.69. The molecule has 1 aromatic carbocycles. The van der Waals surface area contributed by atoms with E-state index < -0.39 is 44.7 Å². The van der Waals surface area contributed by atoms with Gasteiger partial charge in [-0.3, -0.25) is 4.79 Å². The van der Waals surface area contributed by atoms with Gasteiger partial charge in [-0.05, 0) is 56.7 Å². The lowest BCUT2D eigenvalue weighted by Gasteiger charge is -2.48. The molecule has 35 heavy (non-hydrogen) atoms. The first-order valence-electron chi connectivity index (χ1n) is 11.7. The highest BCUT2D eigenvalue weighted by molar-refractivity contribution is 7.91. The Labute approximate surface area is 201 Å². The fraction of sp³-hybridized carbons (Fsp3) is 0.542. The van der Waals surface area contributed by atoms with Crippen molar-refractivity contribution in [2.75, 3.05) is 5.75 Å². The number of benzene rings is 1. The summed E-state index contributed by atoms with van der Waals surface area (Å²) < 4.78 is 68.5. The monoisotopic (exact) mass is 508 g/mol. The van der Waals surface area contributed by atoms with Gasteiger partial charge < -0.3 is 10.6 Å². The molecule has 4 aliphatic rings. The minimum atomic E-state index is -4.80. The minimum absolute atomic E-state index is 0.00352. The summed E-state index contributed by atoms with van der Waals surface area (Å²) in [7, 11) is -3.64. The predicted octanol–water partition coefficient (Wildman–Crippen LogP) is 4.28. The van der Waals surface area contributed by atoms with E-state index in [1.807, 2.05) is 13.8 Å². The maximum absolute atomic E-state index is 14.1. The van der Waals surface area contributed by atoms with Gasteiger partial charge in [0.15, 0.2) is 21.7 Å². The molecule has 7 nitrogen and oxygen atoms in total. The average Bonchev–Trinajstić information content (AvgIpc) is 3.44. The van der Waals surface area contributed by atoms with Crippen LogP contribution in [0.4, 0.5) is 13.2 Å². The molecule has 1 unspecified atom stereocenters. The summed E-state index contributed by atoms with van der Waals surface area (Å²) in [6, 6.07) is 6.02. The van der Waals surface area contributed by atoms with E-state index in [9.17, 15) is 26.4 Å².